The minimum atomic E-state index is -0.712. The molecule has 0 aliphatic carbocycles. The predicted molar refractivity (Wildman–Crippen MR) is 90.2 cm³/mol. The van der Waals surface area contributed by atoms with E-state index < -0.39 is 11.6 Å². The van der Waals surface area contributed by atoms with Gasteiger partial charge in [-0.15, -0.1) is 24.8 Å². The molecule has 130 valence electrons. The van der Waals surface area contributed by atoms with Crippen molar-refractivity contribution < 1.29 is 9.32 Å². The quantitative estimate of drug-likeness (QED) is 0.768. The van der Waals surface area contributed by atoms with Crippen LogP contribution in [0.3, 0.4) is 0 Å². The zero-order chi connectivity index (χ0) is 15.3. The standard InChI is InChI=1S/C13H25N5O2.2ClH/c1-6-7-9(14)11(19)16-13(2,3)12-15-10(20-17-12)8-18(4)5;;/h9H,6-8,14H2,1-5H3,(H,16,19);2*1H. The molecule has 9 heteroatoms. The molecule has 0 fully saturated rings. The first-order chi connectivity index (χ1) is 9.26. The Kier molecular flexibility index (Phi) is 10.6. The lowest BCUT2D eigenvalue weighted by molar-refractivity contribution is -0.124. The normalized spacial score (nSPS) is 12.3. The summed E-state index contributed by atoms with van der Waals surface area (Å²) >= 11 is 0. The van der Waals surface area contributed by atoms with Crippen molar-refractivity contribution in [2.75, 3.05) is 14.1 Å². The number of hydrogen-bond acceptors (Lipinski definition) is 6. The fourth-order valence-electron chi connectivity index (χ4n) is 1.74. The van der Waals surface area contributed by atoms with Crippen molar-refractivity contribution in [3.63, 3.8) is 0 Å². The number of nitrogens with one attached hydrogen (secondary N) is 1. The first kappa shape index (κ1) is 23.4. The topological polar surface area (TPSA) is 97.3 Å². The fraction of sp³-hybridized carbons (Fsp3) is 0.769. The number of amides is 1. The molecule has 0 aliphatic heterocycles. The van der Waals surface area contributed by atoms with Crippen molar-refractivity contribution >= 4 is 30.7 Å². The highest BCUT2D eigenvalue weighted by atomic mass is 35.5. The van der Waals surface area contributed by atoms with E-state index in [1.807, 2.05) is 39.8 Å². The summed E-state index contributed by atoms with van der Waals surface area (Å²) in [5.74, 6) is 0.771. The van der Waals surface area contributed by atoms with Crippen molar-refractivity contribution in [3.8, 4) is 0 Å². The van der Waals surface area contributed by atoms with Gasteiger partial charge in [-0.05, 0) is 34.4 Å². The van der Waals surface area contributed by atoms with Gasteiger partial charge in [-0.25, -0.2) is 0 Å². The Hall–Kier alpha value is -0.890. The molecule has 0 bridgehead atoms. The summed E-state index contributed by atoms with van der Waals surface area (Å²) in [5, 5.41) is 6.79. The monoisotopic (exact) mass is 355 g/mol. The molecule has 1 amide bonds. The van der Waals surface area contributed by atoms with E-state index in [9.17, 15) is 4.79 Å². The van der Waals surface area contributed by atoms with Crippen LogP contribution in [0.5, 0.6) is 0 Å². The van der Waals surface area contributed by atoms with Crippen LogP contribution < -0.4 is 11.1 Å². The first-order valence-electron chi connectivity index (χ1n) is 6.81. The molecule has 0 saturated carbocycles. The SMILES string of the molecule is CCCC(N)C(=O)NC(C)(C)c1noc(CN(C)C)n1.Cl.Cl. The molecule has 0 spiro atoms. The predicted octanol–water partition coefficient (Wildman–Crippen LogP) is 1.45. The van der Waals surface area contributed by atoms with Gasteiger partial charge >= 0.3 is 0 Å². The van der Waals surface area contributed by atoms with Crippen LogP contribution in [0.2, 0.25) is 0 Å². The smallest absolute Gasteiger partial charge is 0.240 e. The lowest BCUT2D eigenvalue weighted by Gasteiger charge is -2.24. The number of carbonyl (C=O) groups excluding carboxylic acids is 1. The summed E-state index contributed by atoms with van der Waals surface area (Å²) in [6.45, 7) is 6.21. The van der Waals surface area contributed by atoms with Crippen molar-refractivity contribution in [1.82, 2.24) is 20.4 Å². The van der Waals surface area contributed by atoms with Crippen molar-refractivity contribution in [2.24, 2.45) is 5.73 Å². The second kappa shape index (κ2) is 9.99. The largest absolute Gasteiger partial charge is 0.342 e. The Morgan fingerprint density at radius 2 is 2.00 bits per heavy atom. The number of rotatable bonds is 7. The first-order valence-corrected chi connectivity index (χ1v) is 6.81. The summed E-state index contributed by atoms with van der Waals surface area (Å²) in [5.41, 5.74) is 5.09. The molecule has 1 unspecified atom stereocenters. The number of nitrogens with two attached hydrogens (primary N) is 1. The van der Waals surface area contributed by atoms with Gasteiger partial charge in [0.15, 0.2) is 5.82 Å². The Bertz CT molecular complexity index is 451. The fourth-order valence-corrected chi connectivity index (χ4v) is 1.74. The molecule has 7 nitrogen and oxygen atoms in total. The second-order valence-corrected chi connectivity index (χ2v) is 5.76. The minimum absolute atomic E-state index is 0. The molecule has 22 heavy (non-hydrogen) atoms. The zero-order valence-electron chi connectivity index (χ0n) is 13.8. The number of halogens is 2. The minimum Gasteiger partial charge on any atom is -0.342 e. The molecule has 0 radical (unpaired) electrons. The van der Waals surface area contributed by atoms with Crippen LogP contribution in [0.4, 0.5) is 0 Å². The molecule has 3 N–H and O–H groups in total. The highest BCUT2D eigenvalue weighted by Crippen LogP contribution is 2.17. The van der Waals surface area contributed by atoms with Crippen LogP contribution >= 0.6 is 24.8 Å². The van der Waals surface area contributed by atoms with Crippen LogP contribution in [-0.2, 0) is 16.9 Å². The molecule has 1 atom stereocenters. The van der Waals surface area contributed by atoms with Gasteiger partial charge in [0.05, 0.1) is 18.1 Å². The highest BCUT2D eigenvalue weighted by Gasteiger charge is 2.30. The summed E-state index contributed by atoms with van der Waals surface area (Å²) in [7, 11) is 3.83. The maximum atomic E-state index is 12.0. The molecular formula is C13H27Cl2N5O2. The maximum Gasteiger partial charge on any atom is 0.240 e. The Labute approximate surface area is 144 Å². The van der Waals surface area contributed by atoms with Gasteiger partial charge in [-0.3, -0.25) is 4.79 Å². The third kappa shape index (κ3) is 6.91. The second-order valence-electron chi connectivity index (χ2n) is 5.76. The molecule has 0 saturated heterocycles. The van der Waals surface area contributed by atoms with E-state index in [-0.39, 0.29) is 30.7 Å². The van der Waals surface area contributed by atoms with E-state index in [0.29, 0.717) is 24.7 Å². The average Bonchev–Trinajstić information content (AvgIpc) is 2.77. The van der Waals surface area contributed by atoms with Crippen molar-refractivity contribution in [3.05, 3.63) is 11.7 Å². The number of aromatic nitrogens is 2. The summed E-state index contributed by atoms with van der Waals surface area (Å²) in [6.07, 6.45) is 1.52. The van der Waals surface area contributed by atoms with Crippen LogP contribution in [0.15, 0.2) is 4.52 Å². The van der Waals surface area contributed by atoms with Gasteiger partial charge in [0.25, 0.3) is 0 Å². The lowest BCUT2D eigenvalue weighted by Crippen LogP contribution is -2.49. The Balaban J connectivity index is 0. The van der Waals surface area contributed by atoms with E-state index in [4.69, 9.17) is 10.3 Å². The van der Waals surface area contributed by atoms with Gasteiger partial charge in [0.1, 0.15) is 0 Å². The van der Waals surface area contributed by atoms with Gasteiger partial charge in [-0.1, -0.05) is 18.5 Å². The van der Waals surface area contributed by atoms with Crippen LogP contribution in [0.1, 0.15) is 45.3 Å². The molecule has 1 rings (SSSR count). The van der Waals surface area contributed by atoms with Crippen molar-refractivity contribution in [2.45, 2.75) is 51.7 Å². The maximum absolute atomic E-state index is 12.0. The highest BCUT2D eigenvalue weighted by molar-refractivity contribution is 5.85. The van der Waals surface area contributed by atoms with Gasteiger partial charge in [-0.2, -0.15) is 4.98 Å². The van der Waals surface area contributed by atoms with E-state index in [1.54, 1.807) is 0 Å². The molecule has 1 aromatic rings. The zero-order valence-corrected chi connectivity index (χ0v) is 15.4. The van der Waals surface area contributed by atoms with E-state index >= 15 is 0 Å². The molecule has 0 aromatic carbocycles. The summed E-state index contributed by atoms with van der Waals surface area (Å²) in [4.78, 5) is 18.2. The number of hydrogen-bond donors (Lipinski definition) is 2. The van der Waals surface area contributed by atoms with Gasteiger partial charge in [0.2, 0.25) is 11.8 Å². The summed E-state index contributed by atoms with van der Waals surface area (Å²) in [6, 6.07) is -0.507. The third-order valence-electron chi connectivity index (χ3n) is 2.85. The number of nitrogens with zero attached hydrogens (tertiary/aromatic N) is 3. The van der Waals surface area contributed by atoms with E-state index in [2.05, 4.69) is 15.5 Å². The van der Waals surface area contributed by atoms with E-state index in [1.165, 1.54) is 0 Å². The van der Waals surface area contributed by atoms with E-state index in [0.717, 1.165) is 6.42 Å². The summed E-state index contributed by atoms with van der Waals surface area (Å²) < 4.78 is 5.17. The average molecular weight is 356 g/mol. The van der Waals surface area contributed by atoms with Gasteiger partial charge < -0.3 is 20.5 Å². The van der Waals surface area contributed by atoms with Crippen LogP contribution in [0, 0.1) is 0 Å². The van der Waals surface area contributed by atoms with Crippen LogP contribution in [0.25, 0.3) is 0 Å². The number of carbonyl (C=O) groups is 1. The molecule has 1 heterocycles. The van der Waals surface area contributed by atoms with Crippen molar-refractivity contribution in [1.29, 1.82) is 0 Å². The third-order valence-corrected chi connectivity index (χ3v) is 2.85. The Morgan fingerprint density at radius 3 is 2.50 bits per heavy atom. The molecular weight excluding hydrogens is 329 g/mol. The molecule has 1 aromatic heterocycles. The molecule has 0 aliphatic rings. The Morgan fingerprint density at radius 1 is 1.41 bits per heavy atom. The van der Waals surface area contributed by atoms with Crippen LogP contribution in [-0.4, -0.2) is 41.1 Å². The van der Waals surface area contributed by atoms with Gasteiger partial charge in [0, 0.05) is 0 Å². The lowest BCUT2D eigenvalue weighted by atomic mass is 10.0.